The zero-order valence-corrected chi connectivity index (χ0v) is 8.03. The third-order valence-corrected chi connectivity index (χ3v) is 2.41. The first-order valence-electron chi connectivity index (χ1n) is 4.57. The number of hydrogen-bond acceptors (Lipinski definition) is 4. The minimum atomic E-state index is -1.05. The van der Waals surface area contributed by atoms with Crippen molar-refractivity contribution in [1.82, 2.24) is 19.6 Å². The predicted molar refractivity (Wildman–Crippen MR) is 55.2 cm³/mol. The maximum atomic E-state index is 11.0. The zero-order valence-electron chi connectivity index (χ0n) is 8.03. The fourth-order valence-electron chi connectivity index (χ4n) is 1.73. The van der Waals surface area contributed by atoms with Crippen LogP contribution in [0.1, 0.15) is 10.5 Å². The van der Waals surface area contributed by atoms with E-state index >= 15 is 0 Å². The number of rotatable bonds is 1. The molecule has 6 nitrogen and oxygen atoms in total. The SMILES string of the molecule is O=C(O)c1nccc2c1cn1ncncc21. The van der Waals surface area contributed by atoms with Gasteiger partial charge in [-0.3, -0.25) is 0 Å². The topological polar surface area (TPSA) is 80.4 Å². The first-order valence-corrected chi connectivity index (χ1v) is 4.57. The van der Waals surface area contributed by atoms with Gasteiger partial charge in [0.05, 0.1) is 11.7 Å². The van der Waals surface area contributed by atoms with Crippen molar-refractivity contribution in [2.75, 3.05) is 0 Å². The molecule has 78 valence electrons. The van der Waals surface area contributed by atoms with E-state index < -0.39 is 5.97 Å². The van der Waals surface area contributed by atoms with Gasteiger partial charge in [-0.1, -0.05) is 0 Å². The monoisotopic (exact) mass is 214 g/mol. The molecule has 0 radical (unpaired) electrons. The molecule has 0 saturated carbocycles. The molecule has 0 aliphatic carbocycles. The van der Waals surface area contributed by atoms with E-state index in [9.17, 15) is 4.79 Å². The van der Waals surface area contributed by atoms with E-state index in [0.29, 0.717) is 5.39 Å². The fraction of sp³-hybridized carbons (Fsp3) is 0. The minimum Gasteiger partial charge on any atom is -0.476 e. The number of pyridine rings is 1. The molecule has 3 heterocycles. The molecule has 0 spiro atoms. The van der Waals surface area contributed by atoms with Crippen LogP contribution in [0.2, 0.25) is 0 Å². The summed E-state index contributed by atoms with van der Waals surface area (Å²) in [7, 11) is 0. The highest BCUT2D eigenvalue weighted by molar-refractivity contribution is 6.07. The second-order valence-corrected chi connectivity index (χ2v) is 3.29. The lowest BCUT2D eigenvalue weighted by Gasteiger charge is -1.94. The van der Waals surface area contributed by atoms with Crippen molar-refractivity contribution in [3.8, 4) is 0 Å². The average Bonchev–Trinajstić information content (AvgIpc) is 2.67. The first-order chi connectivity index (χ1) is 7.77. The van der Waals surface area contributed by atoms with Gasteiger partial charge in [0, 0.05) is 23.2 Å². The van der Waals surface area contributed by atoms with Gasteiger partial charge < -0.3 is 5.11 Å². The quantitative estimate of drug-likeness (QED) is 0.653. The molecule has 0 aliphatic heterocycles. The van der Waals surface area contributed by atoms with Crippen LogP contribution < -0.4 is 0 Å². The summed E-state index contributed by atoms with van der Waals surface area (Å²) in [6, 6.07) is 1.75. The number of fused-ring (bicyclic) bond motifs is 3. The Labute approximate surface area is 89.2 Å². The van der Waals surface area contributed by atoms with Crippen LogP contribution in [0.4, 0.5) is 0 Å². The van der Waals surface area contributed by atoms with Crippen molar-refractivity contribution in [2.45, 2.75) is 0 Å². The van der Waals surface area contributed by atoms with Crippen LogP contribution in [0.5, 0.6) is 0 Å². The fourth-order valence-corrected chi connectivity index (χ4v) is 1.73. The van der Waals surface area contributed by atoms with E-state index in [0.717, 1.165) is 10.9 Å². The standard InChI is InChI=1S/C10H6N4O2/c15-10(16)9-7-4-14-8(3-11-5-13-14)6(7)1-2-12-9/h1-5H,(H,15,16). The molecule has 16 heavy (non-hydrogen) atoms. The second-order valence-electron chi connectivity index (χ2n) is 3.29. The van der Waals surface area contributed by atoms with Crippen molar-refractivity contribution in [2.24, 2.45) is 0 Å². The molecule has 0 aliphatic rings. The molecular weight excluding hydrogens is 208 g/mol. The number of aromatic nitrogens is 4. The number of hydrogen-bond donors (Lipinski definition) is 1. The van der Waals surface area contributed by atoms with Crippen LogP contribution in [0.15, 0.2) is 31.0 Å². The van der Waals surface area contributed by atoms with Crippen molar-refractivity contribution < 1.29 is 9.90 Å². The van der Waals surface area contributed by atoms with Gasteiger partial charge in [0.25, 0.3) is 0 Å². The molecule has 0 unspecified atom stereocenters. The molecule has 0 amide bonds. The third kappa shape index (κ3) is 1.07. The van der Waals surface area contributed by atoms with E-state index in [2.05, 4.69) is 15.1 Å². The van der Waals surface area contributed by atoms with Gasteiger partial charge in [0.2, 0.25) is 0 Å². The van der Waals surface area contributed by atoms with E-state index in [1.807, 2.05) is 0 Å². The Balaban J connectivity index is 2.54. The number of carbonyl (C=O) groups is 1. The first kappa shape index (κ1) is 8.78. The van der Waals surface area contributed by atoms with E-state index in [1.54, 1.807) is 23.0 Å². The molecule has 3 rings (SSSR count). The lowest BCUT2D eigenvalue weighted by Crippen LogP contribution is -1.99. The number of carboxylic acid groups (broad SMARTS) is 1. The molecular formula is C10H6N4O2. The molecule has 0 fully saturated rings. The van der Waals surface area contributed by atoms with E-state index in [1.165, 1.54) is 12.5 Å². The Kier molecular flexibility index (Phi) is 1.64. The van der Waals surface area contributed by atoms with E-state index in [4.69, 9.17) is 5.11 Å². The molecule has 0 bridgehead atoms. The molecule has 3 aromatic heterocycles. The number of aromatic carboxylic acids is 1. The lowest BCUT2D eigenvalue weighted by atomic mass is 10.2. The lowest BCUT2D eigenvalue weighted by molar-refractivity contribution is 0.0693. The van der Waals surface area contributed by atoms with Crippen molar-refractivity contribution >= 4 is 22.3 Å². The zero-order chi connectivity index (χ0) is 11.1. The van der Waals surface area contributed by atoms with E-state index in [-0.39, 0.29) is 5.69 Å². The average molecular weight is 214 g/mol. The number of nitrogens with zero attached hydrogens (tertiary/aromatic N) is 4. The molecule has 6 heteroatoms. The Morgan fingerprint density at radius 1 is 1.38 bits per heavy atom. The van der Waals surface area contributed by atoms with Crippen molar-refractivity contribution in [3.63, 3.8) is 0 Å². The van der Waals surface area contributed by atoms with Gasteiger partial charge in [-0.15, -0.1) is 0 Å². The van der Waals surface area contributed by atoms with Crippen molar-refractivity contribution in [3.05, 3.63) is 36.7 Å². The summed E-state index contributed by atoms with van der Waals surface area (Å²) < 4.78 is 1.59. The second kappa shape index (κ2) is 2.99. The van der Waals surface area contributed by atoms with Crippen LogP contribution >= 0.6 is 0 Å². The molecule has 0 atom stereocenters. The summed E-state index contributed by atoms with van der Waals surface area (Å²) >= 11 is 0. The number of carboxylic acids is 1. The largest absolute Gasteiger partial charge is 0.476 e. The maximum absolute atomic E-state index is 11.0. The molecule has 3 aromatic rings. The third-order valence-electron chi connectivity index (χ3n) is 2.41. The van der Waals surface area contributed by atoms with Crippen LogP contribution in [0.25, 0.3) is 16.3 Å². The summed E-state index contributed by atoms with van der Waals surface area (Å²) in [4.78, 5) is 18.7. The summed E-state index contributed by atoms with van der Waals surface area (Å²) in [5.74, 6) is -1.05. The van der Waals surface area contributed by atoms with Crippen LogP contribution in [0, 0.1) is 0 Å². The molecule has 1 N–H and O–H groups in total. The van der Waals surface area contributed by atoms with Gasteiger partial charge in [-0.25, -0.2) is 19.3 Å². The Bertz CT molecular complexity index is 704. The van der Waals surface area contributed by atoms with Crippen LogP contribution in [0.3, 0.4) is 0 Å². The van der Waals surface area contributed by atoms with Gasteiger partial charge in [-0.2, -0.15) is 5.10 Å². The predicted octanol–water partition coefficient (Wildman–Crippen LogP) is 0.976. The normalized spacial score (nSPS) is 11.0. The van der Waals surface area contributed by atoms with Crippen LogP contribution in [-0.2, 0) is 0 Å². The van der Waals surface area contributed by atoms with Gasteiger partial charge in [0.15, 0.2) is 5.69 Å². The smallest absolute Gasteiger partial charge is 0.355 e. The molecule has 0 saturated heterocycles. The van der Waals surface area contributed by atoms with Crippen molar-refractivity contribution in [1.29, 1.82) is 0 Å². The summed E-state index contributed by atoms with van der Waals surface area (Å²) in [6.45, 7) is 0. The van der Waals surface area contributed by atoms with Gasteiger partial charge in [-0.05, 0) is 6.07 Å². The van der Waals surface area contributed by atoms with Crippen LogP contribution in [-0.4, -0.2) is 30.7 Å². The Morgan fingerprint density at radius 3 is 3.06 bits per heavy atom. The van der Waals surface area contributed by atoms with Gasteiger partial charge >= 0.3 is 5.97 Å². The summed E-state index contributed by atoms with van der Waals surface area (Å²) in [5, 5.41) is 14.4. The highest BCUT2D eigenvalue weighted by Gasteiger charge is 2.13. The highest BCUT2D eigenvalue weighted by Crippen LogP contribution is 2.22. The highest BCUT2D eigenvalue weighted by atomic mass is 16.4. The van der Waals surface area contributed by atoms with Gasteiger partial charge in [0.1, 0.15) is 6.33 Å². The minimum absolute atomic E-state index is 0.0306. The Morgan fingerprint density at radius 2 is 2.25 bits per heavy atom. The Hall–Kier alpha value is -2.50. The summed E-state index contributed by atoms with van der Waals surface area (Å²) in [6.07, 6.45) is 6.16. The molecule has 0 aromatic carbocycles. The maximum Gasteiger partial charge on any atom is 0.355 e. The summed E-state index contributed by atoms with van der Waals surface area (Å²) in [5.41, 5.74) is 0.797.